The Bertz CT molecular complexity index is 735. The molecule has 4 nitrogen and oxygen atoms in total. The van der Waals surface area contributed by atoms with Crippen molar-refractivity contribution in [3.63, 3.8) is 0 Å². The third-order valence-electron chi connectivity index (χ3n) is 4.56. The van der Waals surface area contributed by atoms with E-state index in [-0.39, 0.29) is 24.2 Å². The minimum Gasteiger partial charge on any atom is -0.375 e. The third-order valence-corrected chi connectivity index (χ3v) is 4.56. The lowest BCUT2D eigenvalue weighted by atomic mass is 9.94. The van der Waals surface area contributed by atoms with Crippen molar-refractivity contribution in [2.24, 2.45) is 0 Å². The number of rotatable bonds is 5. The summed E-state index contributed by atoms with van der Waals surface area (Å²) in [5.74, 6) is 0.0402. The Morgan fingerprint density at radius 3 is 2.96 bits per heavy atom. The van der Waals surface area contributed by atoms with E-state index >= 15 is 0 Å². The number of carbonyl (C=O) groups excluding carboxylic acids is 1. The van der Waals surface area contributed by atoms with Gasteiger partial charge in [-0.25, -0.2) is 4.39 Å². The van der Waals surface area contributed by atoms with Crippen LogP contribution in [0.15, 0.2) is 42.5 Å². The molecule has 0 unspecified atom stereocenters. The Morgan fingerprint density at radius 2 is 2.16 bits per heavy atom. The van der Waals surface area contributed by atoms with Gasteiger partial charge in [-0.1, -0.05) is 18.2 Å². The second kappa shape index (κ2) is 8.21. The maximum absolute atomic E-state index is 13.4. The van der Waals surface area contributed by atoms with Crippen LogP contribution < -0.4 is 0 Å². The highest BCUT2D eigenvalue weighted by Crippen LogP contribution is 2.26. The van der Waals surface area contributed by atoms with Crippen LogP contribution in [0.1, 0.15) is 35.7 Å². The number of piperidine rings is 1. The Labute approximate surface area is 147 Å². The standard InChI is InChI=1S/C20H23FN2O2/c1-25-14-20(24)23-10-4-6-16(13-23)19-9-3-8-18(22-19)12-15-5-2-7-17(21)11-15/h2-3,5,7-9,11,16H,4,6,10,12-14H2,1H3/t16-/m0/s1. The summed E-state index contributed by atoms with van der Waals surface area (Å²) >= 11 is 0. The number of pyridine rings is 1. The molecule has 2 heterocycles. The molecule has 0 aliphatic carbocycles. The molecule has 0 radical (unpaired) electrons. The van der Waals surface area contributed by atoms with Gasteiger partial charge in [0.1, 0.15) is 12.4 Å². The summed E-state index contributed by atoms with van der Waals surface area (Å²) < 4.78 is 18.3. The number of benzene rings is 1. The number of aromatic nitrogens is 1. The number of ether oxygens (including phenoxy) is 1. The van der Waals surface area contributed by atoms with Gasteiger partial charge in [0.15, 0.2) is 0 Å². The Morgan fingerprint density at radius 1 is 1.32 bits per heavy atom. The minimum absolute atomic E-state index is 0.0307. The number of hydrogen-bond donors (Lipinski definition) is 0. The van der Waals surface area contributed by atoms with Gasteiger partial charge in [-0.05, 0) is 42.7 Å². The van der Waals surface area contributed by atoms with E-state index in [4.69, 9.17) is 9.72 Å². The summed E-state index contributed by atoms with van der Waals surface area (Å²) in [4.78, 5) is 18.7. The molecule has 0 saturated carbocycles. The highest BCUT2D eigenvalue weighted by atomic mass is 19.1. The summed E-state index contributed by atoms with van der Waals surface area (Å²) in [5.41, 5.74) is 2.83. The van der Waals surface area contributed by atoms with Gasteiger partial charge in [-0.2, -0.15) is 0 Å². The highest BCUT2D eigenvalue weighted by molar-refractivity contribution is 5.77. The van der Waals surface area contributed by atoms with E-state index in [0.29, 0.717) is 13.0 Å². The SMILES string of the molecule is COCC(=O)N1CCC[C@H](c2cccc(Cc3cccc(F)c3)n2)C1. The van der Waals surface area contributed by atoms with E-state index in [1.807, 2.05) is 29.2 Å². The Balaban J connectivity index is 1.71. The summed E-state index contributed by atoms with van der Waals surface area (Å²) in [7, 11) is 1.54. The molecule has 1 aromatic carbocycles. The molecular weight excluding hydrogens is 319 g/mol. The number of carbonyl (C=O) groups is 1. The lowest BCUT2D eigenvalue weighted by molar-refractivity contribution is -0.136. The number of amides is 1. The molecule has 1 atom stereocenters. The van der Waals surface area contributed by atoms with Crippen LogP contribution in [0.5, 0.6) is 0 Å². The summed E-state index contributed by atoms with van der Waals surface area (Å²) in [6, 6.07) is 12.6. The van der Waals surface area contributed by atoms with E-state index in [1.165, 1.54) is 13.2 Å². The average Bonchev–Trinajstić information content (AvgIpc) is 2.62. The average molecular weight is 342 g/mol. The minimum atomic E-state index is -0.228. The molecule has 1 aliphatic rings. The van der Waals surface area contributed by atoms with Crippen molar-refractivity contribution in [3.05, 3.63) is 65.2 Å². The van der Waals surface area contributed by atoms with Gasteiger partial charge in [0, 0.05) is 43.9 Å². The molecule has 2 aromatic rings. The van der Waals surface area contributed by atoms with Crippen molar-refractivity contribution in [2.75, 3.05) is 26.8 Å². The third kappa shape index (κ3) is 4.63. The predicted octanol–water partition coefficient (Wildman–Crippen LogP) is 3.16. The van der Waals surface area contributed by atoms with Gasteiger partial charge in [-0.15, -0.1) is 0 Å². The first-order chi connectivity index (χ1) is 12.2. The number of halogens is 1. The first-order valence-corrected chi connectivity index (χ1v) is 8.62. The van der Waals surface area contributed by atoms with E-state index in [0.717, 1.165) is 36.3 Å². The molecule has 132 valence electrons. The fourth-order valence-corrected chi connectivity index (χ4v) is 3.34. The zero-order valence-corrected chi connectivity index (χ0v) is 14.5. The zero-order valence-electron chi connectivity index (χ0n) is 14.5. The molecule has 1 aliphatic heterocycles. The van der Waals surface area contributed by atoms with Crippen LogP contribution in [0.3, 0.4) is 0 Å². The molecule has 5 heteroatoms. The first-order valence-electron chi connectivity index (χ1n) is 8.62. The van der Waals surface area contributed by atoms with Crippen LogP contribution >= 0.6 is 0 Å². The maximum atomic E-state index is 13.4. The predicted molar refractivity (Wildman–Crippen MR) is 93.9 cm³/mol. The van der Waals surface area contributed by atoms with Crippen molar-refractivity contribution < 1.29 is 13.9 Å². The molecule has 1 fully saturated rings. The van der Waals surface area contributed by atoms with Crippen LogP contribution in [0.25, 0.3) is 0 Å². The highest BCUT2D eigenvalue weighted by Gasteiger charge is 2.25. The topological polar surface area (TPSA) is 42.4 Å². The van der Waals surface area contributed by atoms with Gasteiger partial charge in [-0.3, -0.25) is 9.78 Å². The molecule has 0 N–H and O–H groups in total. The molecule has 1 saturated heterocycles. The molecule has 25 heavy (non-hydrogen) atoms. The maximum Gasteiger partial charge on any atom is 0.248 e. The number of hydrogen-bond acceptors (Lipinski definition) is 3. The zero-order chi connectivity index (χ0) is 17.6. The lowest BCUT2D eigenvalue weighted by Crippen LogP contribution is -2.41. The van der Waals surface area contributed by atoms with Gasteiger partial charge >= 0.3 is 0 Å². The fraction of sp³-hybridized carbons (Fsp3) is 0.400. The van der Waals surface area contributed by atoms with E-state index in [9.17, 15) is 9.18 Å². The normalized spacial score (nSPS) is 17.5. The van der Waals surface area contributed by atoms with Crippen LogP contribution in [-0.2, 0) is 16.0 Å². The van der Waals surface area contributed by atoms with E-state index in [1.54, 1.807) is 12.1 Å². The van der Waals surface area contributed by atoms with Crippen LogP contribution in [-0.4, -0.2) is 42.6 Å². The Hall–Kier alpha value is -2.27. The lowest BCUT2D eigenvalue weighted by Gasteiger charge is -2.32. The number of nitrogens with zero attached hydrogens (tertiary/aromatic N) is 2. The van der Waals surface area contributed by atoms with Crippen LogP contribution in [0.4, 0.5) is 4.39 Å². The fourth-order valence-electron chi connectivity index (χ4n) is 3.34. The molecule has 3 rings (SSSR count). The Kier molecular flexibility index (Phi) is 5.76. The smallest absolute Gasteiger partial charge is 0.248 e. The van der Waals surface area contributed by atoms with E-state index in [2.05, 4.69) is 0 Å². The number of likely N-dealkylation sites (tertiary alicyclic amines) is 1. The van der Waals surface area contributed by atoms with Gasteiger partial charge in [0.05, 0.1) is 0 Å². The van der Waals surface area contributed by atoms with Crippen molar-refractivity contribution in [3.8, 4) is 0 Å². The molecule has 1 aromatic heterocycles. The van der Waals surface area contributed by atoms with E-state index < -0.39 is 0 Å². The van der Waals surface area contributed by atoms with Crippen molar-refractivity contribution in [1.29, 1.82) is 0 Å². The monoisotopic (exact) mass is 342 g/mol. The molecule has 0 bridgehead atoms. The second-order valence-corrected chi connectivity index (χ2v) is 6.47. The van der Waals surface area contributed by atoms with Gasteiger partial charge in [0.25, 0.3) is 0 Å². The summed E-state index contributed by atoms with van der Waals surface area (Å²) in [6.45, 7) is 1.58. The van der Waals surface area contributed by atoms with Crippen LogP contribution in [0.2, 0.25) is 0 Å². The van der Waals surface area contributed by atoms with Crippen LogP contribution in [0, 0.1) is 5.82 Å². The van der Waals surface area contributed by atoms with Gasteiger partial charge in [0.2, 0.25) is 5.91 Å². The van der Waals surface area contributed by atoms with Crippen molar-refractivity contribution in [1.82, 2.24) is 9.88 Å². The van der Waals surface area contributed by atoms with Crippen molar-refractivity contribution >= 4 is 5.91 Å². The summed E-state index contributed by atoms with van der Waals surface area (Å²) in [6.07, 6.45) is 2.59. The number of methoxy groups -OCH3 is 1. The molecule has 0 spiro atoms. The first kappa shape index (κ1) is 17.5. The summed E-state index contributed by atoms with van der Waals surface area (Å²) in [5, 5.41) is 0. The molecular formula is C20H23FN2O2. The second-order valence-electron chi connectivity index (χ2n) is 6.47. The molecule has 1 amide bonds. The largest absolute Gasteiger partial charge is 0.375 e. The van der Waals surface area contributed by atoms with Gasteiger partial charge < -0.3 is 9.64 Å². The quantitative estimate of drug-likeness (QED) is 0.838. The van der Waals surface area contributed by atoms with Crippen molar-refractivity contribution in [2.45, 2.75) is 25.2 Å².